The van der Waals surface area contributed by atoms with Gasteiger partial charge < -0.3 is 15.4 Å². The van der Waals surface area contributed by atoms with Crippen LogP contribution in [0.5, 0.6) is 0 Å². The van der Waals surface area contributed by atoms with Gasteiger partial charge in [-0.15, -0.1) is 5.10 Å². The summed E-state index contributed by atoms with van der Waals surface area (Å²) in [6, 6.07) is 2.39. The lowest BCUT2D eigenvalue weighted by Crippen LogP contribution is -2.60. The van der Waals surface area contributed by atoms with Crippen molar-refractivity contribution in [3.05, 3.63) is 29.8 Å². The van der Waals surface area contributed by atoms with E-state index < -0.39 is 30.2 Å². The summed E-state index contributed by atoms with van der Waals surface area (Å²) < 4.78 is 59.7. The fourth-order valence-corrected chi connectivity index (χ4v) is 2.54. The van der Waals surface area contributed by atoms with Crippen molar-refractivity contribution in [1.82, 2.24) is 25.5 Å². The van der Waals surface area contributed by atoms with Crippen LogP contribution in [0.25, 0.3) is 5.69 Å². The number of ether oxygens (including phenoxy) is 1. The van der Waals surface area contributed by atoms with E-state index >= 15 is 0 Å². The molecule has 3 rings (SSSR count). The molecule has 1 aliphatic rings. The Hall–Kier alpha value is -2.76. The fourth-order valence-electron chi connectivity index (χ4n) is 2.54. The SMILES string of the molecule is Cc1nnnn1-c1cc(NC(=O)NC2(C(F)(F)F)CCOC2)ccc1F. The Morgan fingerprint density at radius 2 is 2.15 bits per heavy atom. The first-order chi connectivity index (χ1) is 12.2. The number of amides is 2. The molecule has 1 aliphatic heterocycles. The first-order valence-corrected chi connectivity index (χ1v) is 7.50. The molecule has 0 saturated carbocycles. The Bertz CT molecular complexity index is 816. The van der Waals surface area contributed by atoms with E-state index in [0.29, 0.717) is 5.82 Å². The number of rotatable bonds is 3. The number of hydrogen-bond donors (Lipinski definition) is 2. The number of hydrogen-bond acceptors (Lipinski definition) is 5. The topological polar surface area (TPSA) is 94.0 Å². The van der Waals surface area contributed by atoms with Crippen molar-refractivity contribution in [1.29, 1.82) is 0 Å². The molecule has 0 aliphatic carbocycles. The number of carbonyl (C=O) groups is 1. The van der Waals surface area contributed by atoms with Crippen LogP contribution in [0.4, 0.5) is 28.0 Å². The van der Waals surface area contributed by atoms with E-state index in [9.17, 15) is 22.4 Å². The van der Waals surface area contributed by atoms with E-state index in [1.54, 1.807) is 6.92 Å². The molecule has 0 radical (unpaired) electrons. The third-order valence-corrected chi connectivity index (χ3v) is 3.97. The first kappa shape index (κ1) is 18.0. The molecule has 12 heteroatoms. The molecule has 140 valence electrons. The lowest BCUT2D eigenvalue weighted by molar-refractivity contribution is -0.191. The summed E-state index contributed by atoms with van der Waals surface area (Å²) >= 11 is 0. The highest BCUT2D eigenvalue weighted by Gasteiger charge is 2.58. The number of aromatic nitrogens is 4. The molecule has 26 heavy (non-hydrogen) atoms. The van der Waals surface area contributed by atoms with Gasteiger partial charge in [-0.05, 0) is 35.5 Å². The lowest BCUT2D eigenvalue weighted by atomic mass is 9.98. The van der Waals surface area contributed by atoms with Crippen LogP contribution in [-0.2, 0) is 4.74 Å². The zero-order chi connectivity index (χ0) is 18.9. The van der Waals surface area contributed by atoms with Crippen molar-refractivity contribution in [2.24, 2.45) is 0 Å². The maximum absolute atomic E-state index is 14.0. The molecule has 1 unspecified atom stereocenters. The van der Waals surface area contributed by atoms with Gasteiger partial charge in [-0.2, -0.15) is 17.9 Å². The predicted molar refractivity (Wildman–Crippen MR) is 80.2 cm³/mol. The average Bonchev–Trinajstić information content (AvgIpc) is 3.18. The van der Waals surface area contributed by atoms with Gasteiger partial charge in [0.05, 0.1) is 6.61 Å². The van der Waals surface area contributed by atoms with Crippen LogP contribution in [0, 0.1) is 12.7 Å². The van der Waals surface area contributed by atoms with Gasteiger partial charge in [0.2, 0.25) is 0 Å². The normalized spacial score (nSPS) is 20.2. The second-order valence-electron chi connectivity index (χ2n) is 5.77. The molecular weight excluding hydrogens is 360 g/mol. The van der Waals surface area contributed by atoms with Crippen LogP contribution in [0.1, 0.15) is 12.2 Å². The predicted octanol–water partition coefficient (Wildman–Crippen LogP) is 1.95. The molecule has 1 aromatic carbocycles. The zero-order valence-electron chi connectivity index (χ0n) is 13.5. The van der Waals surface area contributed by atoms with Crippen molar-refractivity contribution in [3.63, 3.8) is 0 Å². The third-order valence-electron chi connectivity index (χ3n) is 3.97. The van der Waals surface area contributed by atoms with Gasteiger partial charge >= 0.3 is 12.2 Å². The Morgan fingerprint density at radius 3 is 2.73 bits per heavy atom. The van der Waals surface area contributed by atoms with Crippen LogP contribution in [-0.4, -0.2) is 51.2 Å². The molecule has 1 saturated heterocycles. The molecule has 0 spiro atoms. The summed E-state index contributed by atoms with van der Waals surface area (Å²) in [6.07, 6.45) is -5.05. The van der Waals surface area contributed by atoms with Crippen molar-refractivity contribution in [2.75, 3.05) is 18.5 Å². The molecule has 1 fully saturated rings. The standard InChI is InChI=1S/C14H14F4N6O2/c1-8-21-22-23-24(8)11-6-9(2-3-10(11)15)19-12(25)20-13(14(16,17)18)4-5-26-7-13/h2-3,6H,4-5,7H2,1H3,(H2,19,20,25). The number of anilines is 1. The molecule has 8 nitrogen and oxygen atoms in total. The molecule has 2 heterocycles. The highest BCUT2D eigenvalue weighted by molar-refractivity contribution is 5.90. The molecule has 2 N–H and O–H groups in total. The van der Waals surface area contributed by atoms with Gasteiger partial charge in [0.15, 0.2) is 11.4 Å². The van der Waals surface area contributed by atoms with Gasteiger partial charge in [-0.25, -0.2) is 9.18 Å². The highest BCUT2D eigenvalue weighted by Crippen LogP contribution is 2.36. The van der Waals surface area contributed by atoms with Gasteiger partial charge in [0, 0.05) is 18.7 Å². The number of benzene rings is 1. The first-order valence-electron chi connectivity index (χ1n) is 7.50. The number of nitrogens with one attached hydrogen (secondary N) is 2. The van der Waals surface area contributed by atoms with Gasteiger partial charge in [-0.3, -0.25) is 0 Å². The molecule has 1 atom stereocenters. The minimum absolute atomic E-state index is 0.0555. The fraction of sp³-hybridized carbons (Fsp3) is 0.429. The van der Waals surface area contributed by atoms with E-state index in [0.717, 1.165) is 10.7 Å². The second-order valence-corrected chi connectivity index (χ2v) is 5.77. The number of aryl methyl sites for hydroxylation is 1. The third kappa shape index (κ3) is 3.31. The number of urea groups is 1. The average molecular weight is 374 g/mol. The van der Waals surface area contributed by atoms with Crippen LogP contribution in [0.15, 0.2) is 18.2 Å². The van der Waals surface area contributed by atoms with Crippen LogP contribution in [0.3, 0.4) is 0 Å². The molecule has 1 aromatic heterocycles. The molecule has 0 bridgehead atoms. The van der Waals surface area contributed by atoms with E-state index in [4.69, 9.17) is 4.74 Å². The van der Waals surface area contributed by atoms with E-state index in [2.05, 4.69) is 20.8 Å². The van der Waals surface area contributed by atoms with Crippen LogP contribution < -0.4 is 10.6 Å². The van der Waals surface area contributed by atoms with Crippen LogP contribution >= 0.6 is 0 Å². The minimum Gasteiger partial charge on any atom is -0.379 e. The van der Waals surface area contributed by atoms with Crippen molar-refractivity contribution in [2.45, 2.75) is 25.1 Å². The second kappa shape index (κ2) is 6.52. The maximum Gasteiger partial charge on any atom is 0.413 e. The highest BCUT2D eigenvalue weighted by atomic mass is 19.4. The van der Waals surface area contributed by atoms with Crippen molar-refractivity contribution >= 4 is 11.7 Å². The van der Waals surface area contributed by atoms with Gasteiger partial charge in [0.1, 0.15) is 11.5 Å². The Morgan fingerprint density at radius 1 is 1.38 bits per heavy atom. The van der Waals surface area contributed by atoms with Crippen LogP contribution in [0.2, 0.25) is 0 Å². The summed E-state index contributed by atoms with van der Waals surface area (Å²) in [5.41, 5.74) is -2.43. The summed E-state index contributed by atoms with van der Waals surface area (Å²) in [5, 5.41) is 14.8. The maximum atomic E-state index is 14.0. The molecular formula is C14H14F4N6O2. The largest absolute Gasteiger partial charge is 0.413 e. The summed E-state index contributed by atoms with van der Waals surface area (Å²) in [7, 11) is 0. The smallest absolute Gasteiger partial charge is 0.379 e. The summed E-state index contributed by atoms with van der Waals surface area (Å²) in [5.74, 6) is -0.369. The number of halogens is 4. The monoisotopic (exact) mass is 374 g/mol. The number of nitrogens with zero attached hydrogens (tertiary/aromatic N) is 4. The zero-order valence-corrected chi connectivity index (χ0v) is 13.5. The number of tetrazole rings is 1. The minimum atomic E-state index is -4.67. The summed E-state index contributed by atoms with van der Waals surface area (Å²) in [6.45, 7) is 0.765. The number of carbonyl (C=O) groups excluding carboxylic acids is 1. The molecule has 2 amide bonds. The van der Waals surface area contributed by atoms with Gasteiger partial charge in [-0.1, -0.05) is 0 Å². The van der Waals surface area contributed by atoms with E-state index in [1.807, 2.05) is 5.32 Å². The van der Waals surface area contributed by atoms with E-state index in [1.165, 1.54) is 12.1 Å². The molecule has 2 aromatic rings. The Balaban J connectivity index is 1.79. The quantitative estimate of drug-likeness (QED) is 0.801. The Kier molecular flexibility index (Phi) is 4.52. The Labute approximate surface area is 144 Å². The van der Waals surface area contributed by atoms with E-state index in [-0.39, 0.29) is 24.4 Å². The lowest BCUT2D eigenvalue weighted by Gasteiger charge is -2.31. The summed E-state index contributed by atoms with van der Waals surface area (Å²) in [4.78, 5) is 12.1. The number of alkyl halides is 3. The van der Waals surface area contributed by atoms with Gasteiger partial charge in [0.25, 0.3) is 0 Å². The van der Waals surface area contributed by atoms with Crippen molar-refractivity contribution in [3.8, 4) is 5.69 Å². The van der Waals surface area contributed by atoms with Crippen molar-refractivity contribution < 1.29 is 27.1 Å².